The van der Waals surface area contributed by atoms with Gasteiger partial charge in [-0.3, -0.25) is 9.52 Å². The van der Waals surface area contributed by atoms with Crippen LogP contribution in [0.3, 0.4) is 0 Å². The number of halogens is 1. The van der Waals surface area contributed by atoms with Crippen molar-refractivity contribution >= 4 is 38.6 Å². The van der Waals surface area contributed by atoms with Gasteiger partial charge in [0.25, 0.3) is 15.6 Å². The van der Waals surface area contributed by atoms with Crippen LogP contribution < -0.4 is 10.3 Å². The van der Waals surface area contributed by atoms with Crippen molar-refractivity contribution in [3.05, 3.63) is 80.5 Å². The standard InChI is InChI=1S/C17H15ClN2O3S2/c1-12-6-9-17(24-12)25(22,23)19-14-7-8-16(21)20(11-14)10-13-4-2-3-5-15(13)18/h2-9,11,19H,10H2,1H3. The molecule has 0 unspecified atom stereocenters. The molecule has 0 atom stereocenters. The molecule has 0 saturated carbocycles. The number of thiophene rings is 1. The van der Waals surface area contributed by atoms with Gasteiger partial charge < -0.3 is 4.57 Å². The summed E-state index contributed by atoms with van der Waals surface area (Å²) in [6.07, 6.45) is 1.48. The molecule has 0 fully saturated rings. The summed E-state index contributed by atoms with van der Waals surface area (Å²) in [4.78, 5) is 13.0. The van der Waals surface area contributed by atoms with Gasteiger partial charge in [-0.25, -0.2) is 8.42 Å². The van der Waals surface area contributed by atoms with E-state index in [9.17, 15) is 13.2 Å². The molecule has 5 nitrogen and oxygen atoms in total. The van der Waals surface area contributed by atoms with Crippen molar-refractivity contribution in [1.29, 1.82) is 0 Å². The molecule has 0 bridgehead atoms. The van der Waals surface area contributed by atoms with E-state index in [-0.39, 0.29) is 16.3 Å². The molecule has 0 radical (unpaired) electrons. The molecule has 1 aromatic carbocycles. The molecule has 25 heavy (non-hydrogen) atoms. The molecule has 0 saturated heterocycles. The SMILES string of the molecule is Cc1ccc(S(=O)(=O)Nc2ccc(=O)n(Cc3ccccc3Cl)c2)s1. The van der Waals surface area contributed by atoms with Crippen LogP contribution >= 0.6 is 22.9 Å². The minimum Gasteiger partial charge on any atom is -0.309 e. The highest BCUT2D eigenvalue weighted by molar-refractivity contribution is 7.94. The molecule has 2 heterocycles. The minimum atomic E-state index is -3.68. The van der Waals surface area contributed by atoms with E-state index in [1.54, 1.807) is 18.2 Å². The van der Waals surface area contributed by atoms with Crippen LogP contribution in [0.2, 0.25) is 5.02 Å². The zero-order valence-electron chi connectivity index (χ0n) is 13.3. The molecule has 0 spiro atoms. The first-order valence-corrected chi connectivity index (χ1v) is 10.1. The van der Waals surface area contributed by atoms with Crippen LogP contribution in [0.4, 0.5) is 5.69 Å². The van der Waals surface area contributed by atoms with Crippen molar-refractivity contribution in [2.45, 2.75) is 17.7 Å². The van der Waals surface area contributed by atoms with Crippen LogP contribution in [0.25, 0.3) is 0 Å². The van der Waals surface area contributed by atoms with Gasteiger partial charge in [0.15, 0.2) is 0 Å². The van der Waals surface area contributed by atoms with E-state index in [1.807, 2.05) is 25.1 Å². The van der Waals surface area contributed by atoms with Gasteiger partial charge in [0.2, 0.25) is 0 Å². The summed E-state index contributed by atoms with van der Waals surface area (Å²) in [5.41, 5.74) is 0.854. The quantitative estimate of drug-likeness (QED) is 0.717. The maximum atomic E-state index is 12.4. The van der Waals surface area contributed by atoms with E-state index in [2.05, 4.69) is 4.72 Å². The Labute approximate surface area is 154 Å². The Balaban J connectivity index is 1.89. The number of hydrogen-bond donors (Lipinski definition) is 1. The zero-order valence-corrected chi connectivity index (χ0v) is 15.7. The molecular formula is C17H15ClN2O3S2. The Hall–Kier alpha value is -2.09. The summed E-state index contributed by atoms with van der Waals surface area (Å²) in [7, 11) is -3.68. The van der Waals surface area contributed by atoms with Crippen LogP contribution in [0.15, 0.2) is 63.7 Å². The van der Waals surface area contributed by atoms with Crippen LogP contribution in [0.1, 0.15) is 10.4 Å². The smallest absolute Gasteiger partial charge is 0.271 e. The monoisotopic (exact) mass is 394 g/mol. The number of nitrogens with one attached hydrogen (secondary N) is 1. The van der Waals surface area contributed by atoms with Gasteiger partial charge in [-0.15, -0.1) is 11.3 Å². The third kappa shape index (κ3) is 4.12. The van der Waals surface area contributed by atoms with Crippen LogP contribution in [0, 0.1) is 6.92 Å². The van der Waals surface area contributed by atoms with Crippen LogP contribution in [0.5, 0.6) is 0 Å². The fourth-order valence-electron chi connectivity index (χ4n) is 2.29. The first-order chi connectivity index (χ1) is 11.8. The number of rotatable bonds is 5. The number of nitrogens with zero attached hydrogens (tertiary/aromatic N) is 1. The lowest BCUT2D eigenvalue weighted by Gasteiger charge is -2.11. The Morgan fingerprint density at radius 2 is 1.88 bits per heavy atom. The predicted octanol–water partition coefficient (Wildman–Crippen LogP) is 3.72. The lowest BCUT2D eigenvalue weighted by molar-refractivity contribution is 0.603. The number of sulfonamides is 1. The van der Waals surface area contributed by atoms with Gasteiger partial charge in [0, 0.05) is 22.2 Å². The van der Waals surface area contributed by atoms with Crippen LogP contribution in [-0.2, 0) is 16.6 Å². The molecular weight excluding hydrogens is 380 g/mol. The Morgan fingerprint density at radius 3 is 2.56 bits per heavy atom. The molecule has 1 N–H and O–H groups in total. The normalized spacial score (nSPS) is 11.4. The first-order valence-electron chi connectivity index (χ1n) is 7.38. The Kier molecular flexibility index (Phi) is 4.99. The van der Waals surface area contributed by atoms with Crippen molar-refractivity contribution in [2.24, 2.45) is 0 Å². The number of pyridine rings is 1. The number of hydrogen-bond acceptors (Lipinski definition) is 4. The van der Waals surface area contributed by atoms with Gasteiger partial charge in [-0.1, -0.05) is 29.8 Å². The van der Waals surface area contributed by atoms with Gasteiger partial charge in [-0.2, -0.15) is 0 Å². The largest absolute Gasteiger partial charge is 0.309 e. The zero-order chi connectivity index (χ0) is 18.0. The minimum absolute atomic E-state index is 0.230. The first kappa shape index (κ1) is 17.7. The van der Waals surface area contributed by atoms with Crippen molar-refractivity contribution in [2.75, 3.05) is 4.72 Å². The molecule has 3 aromatic rings. The summed E-state index contributed by atoms with van der Waals surface area (Å²) in [5.74, 6) is 0. The summed E-state index contributed by atoms with van der Waals surface area (Å²) < 4.78 is 29.0. The number of aromatic nitrogens is 1. The van der Waals surface area contributed by atoms with Crippen molar-refractivity contribution < 1.29 is 8.42 Å². The van der Waals surface area contributed by atoms with E-state index in [0.29, 0.717) is 10.7 Å². The van der Waals surface area contributed by atoms with E-state index >= 15 is 0 Å². The molecule has 0 aliphatic carbocycles. The molecule has 2 aromatic heterocycles. The average Bonchev–Trinajstić information content (AvgIpc) is 3.00. The molecule has 0 aliphatic heterocycles. The second-order valence-electron chi connectivity index (χ2n) is 5.45. The second kappa shape index (κ2) is 7.03. The number of anilines is 1. The van der Waals surface area contributed by atoms with E-state index in [0.717, 1.165) is 10.4 Å². The molecule has 3 rings (SSSR count). The molecule has 0 amide bonds. The van der Waals surface area contributed by atoms with E-state index < -0.39 is 10.0 Å². The lowest BCUT2D eigenvalue weighted by atomic mass is 10.2. The molecule has 0 aliphatic rings. The summed E-state index contributed by atoms with van der Waals surface area (Å²) in [6, 6.07) is 13.3. The Bertz CT molecular complexity index is 1070. The van der Waals surface area contributed by atoms with E-state index in [1.165, 1.54) is 34.2 Å². The fourth-order valence-corrected chi connectivity index (χ4v) is 4.81. The lowest BCUT2D eigenvalue weighted by Crippen LogP contribution is -2.21. The van der Waals surface area contributed by atoms with Gasteiger partial charge in [0.05, 0.1) is 12.2 Å². The average molecular weight is 395 g/mol. The summed E-state index contributed by atoms with van der Waals surface area (Å²) in [6.45, 7) is 2.10. The topological polar surface area (TPSA) is 68.2 Å². The highest BCUT2D eigenvalue weighted by Crippen LogP contribution is 2.23. The molecule has 130 valence electrons. The fraction of sp³-hybridized carbons (Fsp3) is 0.118. The Morgan fingerprint density at radius 1 is 1.12 bits per heavy atom. The molecule has 8 heteroatoms. The van der Waals surface area contributed by atoms with Gasteiger partial charge in [-0.05, 0) is 36.8 Å². The van der Waals surface area contributed by atoms with Crippen molar-refractivity contribution in [3.8, 4) is 0 Å². The number of aryl methyl sites for hydroxylation is 1. The maximum absolute atomic E-state index is 12.4. The van der Waals surface area contributed by atoms with Crippen molar-refractivity contribution in [1.82, 2.24) is 4.57 Å². The summed E-state index contributed by atoms with van der Waals surface area (Å²) >= 11 is 7.32. The van der Waals surface area contributed by atoms with Gasteiger partial charge in [0.1, 0.15) is 4.21 Å². The van der Waals surface area contributed by atoms with Crippen molar-refractivity contribution in [3.63, 3.8) is 0 Å². The highest BCUT2D eigenvalue weighted by Gasteiger charge is 2.16. The third-order valence-electron chi connectivity index (χ3n) is 3.51. The van der Waals surface area contributed by atoms with Gasteiger partial charge >= 0.3 is 0 Å². The number of benzene rings is 1. The predicted molar refractivity (Wildman–Crippen MR) is 101 cm³/mol. The second-order valence-corrected chi connectivity index (χ2v) is 9.05. The van der Waals surface area contributed by atoms with E-state index in [4.69, 9.17) is 11.6 Å². The highest BCUT2D eigenvalue weighted by atomic mass is 35.5. The summed E-state index contributed by atoms with van der Waals surface area (Å²) in [5, 5.41) is 0.550. The maximum Gasteiger partial charge on any atom is 0.271 e. The van der Waals surface area contributed by atoms with Crippen LogP contribution in [-0.4, -0.2) is 13.0 Å². The third-order valence-corrected chi connectivity index (χ3v) is 6.76.